The van der Waals surface area contributed by atoms with Crippen molar-refractivity contribution in [2.24, 2.45) is 11.7 Å². The summed E-state index contributed by atoms with van der Waals surface area (Å²) in [5.41, 5.74) is 5.04. The van der Waals surface area contributed by atoms with Crippen molar-refractivity contribution in [1.82, 2.24) is 0 Å². The van der Waals surface area contributed by atoms with Gasteiger partial charge >= 0.3 is 6.18 Å². The highest BCUT2D eigenvalue weighted by Gasteiger charge is 2.38. The molecular formula is C14H18BrClF3NO. The number of aromatic hydroxyl groups is 1. The minimum Gasteiger partial charge on any atom is -0.506 e. The normalized spacial score (nSPS) is 18.1. The fourth-order valence-electron chi connectivity index (χ4n) is 2.90. The second kappa shape index (κ2) is 7.20. The molecule has 0 bridgehead atoms. The Bertz CT molecular complexity index is 490. The smallest absolute Gasteiger partial charge is 0.416 e. The first-order valence-corrected chi connectivity index (χ1v) is 7.46. The van der Waals surface area contributed by atoms with Crippen LogP contribution in [0.5, 0.6) is 5.75 Å². The van der Waals surface area contributed by atoms with Crippen LogP contribution in [0.3, 0.4) is 0 Å². The summed E-state index contributed by atoms with van der Waals surface area (Å²) in [6.07, 6.45) is 0.164. The molecule has 0 saturated heterocycles. The molecule has 0 aliphatic heterocycles. The summed E-state index contributed by atoms with van der Waals surface area (Å²) in [6, 6.07) is 1.39. The SMILES string of the molecule is Cl.N[C@H](c1c(C(F)(F)F)ccc(Br)c1O)C1CCCCC1. The lowest BCUT2D eigenvalue weighted by atomic mass is 9.80. The molecule has 2 rings (SSSR count). The average Bonchev–Trinajstić information content (AvgIpc) is 2.40. The van der Waals surface area contributed by atoms with Gasteiger partial charge in [-0.3, -0.25) is 0 Å². The molecule has 1 aliphatic carbocycles. The minimum atomic E-state index is -4.51. The van der Waals surface area contributed by atoms with Crippen LogP contribution >= 0.6 is 28.3 Å². The summed E-state index contributed by atoms with van der Waals surface area (Å²) in [6.45, 7) is 0. The zero-order chi connectivity index (χ0) is 14.9. The largest absolute Gasteiger partial charge is 0.506 e. The van der Waals surface area contributed by atoms with E-state index in [1.165, 1.54) is 6.07 Å². The van der Waals surface area contributed by atoms with Crippen molar-refractivity contribution in [3.05, 3.63) is 27.7 Å². The summed E-state index contributed by atoms with van der Waals surface area (Å²) >= 11 is 3.07. The molecule has 1 aromatic rings. The molecule has 1 fully saturated rings. The highest BCUT2D eigenvalue weighted by molar-refractivity contribution is 9.10. The quantitative estimate of drug-likeness (QED) is 0.733. The van der Waals surface area contributed by atoms with Gasteiger partial charge < -0.3 is 10.8 Å². The van der Waals surface area contributed by atoms with Crippen LogP contribution in [0, 0.1) is 5.92 Å². The second-order valence-electron chi connectivity index (χ2n) is 5.28. The van der Waals surface area contributed by atoms with E-state index in [1.807, 2.05) is 0 Å². The summed E-state index contributed by atoms with van der Waals surface area (Å²) in [4.78, 5) is 0. The van der Waals surface area contributed by atoms with Gasteiger partial charge in [-0.2, -0.15) is 13.2 Å². The average molecular weight is 389 g/mol. The van der Waals surface area contributed by atoms with Crippen LogP contribution in [-0.2, 0) is 6.18 Å². The first-order chi connectivity index (χ1) is 9.32. The van der Waals surface area contributed by atoms with Crippen molar-refractivity contribution in [2.45, 2.75) is 44.3 Å². The number of nitrogens with two attached hydrogens (primary N) is 1. The predicted molar refractivity (Wildman–Crippen MR) is 81.6 cm³/mol. The van der Waals surface area contributed by atoms with E-state index >= 15 is 0 Å². The van der Waals surface area contributed by atoms with Crippen LogP contribution in [-0.4, -0.2) is 5.11 Å². The van der Waals surface area contributed by atoms with Gasteiger partial charge in [-0.1, -0.05) is 19.3 Å². The molecule has 1 aromatic carbocycles. The molecule has 1 aliphatic rings. The number of phenolic OH excluding ortho intramolecular Hbond substituents is 1. The highest BCUT2D eigenvalue weighted by atomic mass is 79.9. The number of benzene rings is 1. The Labute approximate surface area is 136 Å². The van der Waals surface area contributed by atoms with Gasteiger partial charge in [-0.15, -0.1) is 12.4 Å². The lowest BCUT2D eigenvalue weighted by Gasteiger charge is -2.30. The van der Waals surface area contributed by atoms with E-state index in [1.54, 1.807) is 0 Å². The van der Waals surface area contributed by atoms with Gasteiger partial charge in [-0.25, -0.2) is 0 Å². The molecule has 1 atom stereocenters. The maximum Gasteiger partial charge on any atom is 0.416 e. The Hall–Kier alpha value is -0.460. The van der Waals surface area contributed by atoms with Crippen molar-refractivity contribution in [1.29, 1.82) is 0 Å². The van der Waals surface area contributed by atoms with Crippen molar-refractivity contribution in [2.75, 3.05) is 0 Å². The van der Waals surface area contributed by atoms with Gasteiger partial charge in [0, 0.05) is 11.6 Å². The number of hydrogen-bond acceptors (Lipinski definition) is 2. The monoisotopic (exact) mass is 387 g/mol. The van der Waals surface area contributed by atoms with Crippen LogP contribution < -0.4 is 5.73 Å². The van der Waals surface area contributed by atoms with Crippen LogP contribution in [0.4, 0.5) is 13.2 Å². The third-order valence-corrected chi connectivity index (χ3v) is 4.60. The Kier molecular flexibility index (Phi) is 6.37. The number of hydrogen-bond donors (Lipinski definition) is 2. The van der Waals surface area contributed by atoms with E-state index in [2.05, 4.69) is 15.9 Å². The number of halogens is 5. The molecule has 21 heavy (non-hydrogen) atoms. The molecule has 0 amide bonds. The molecule has 1 saturated carbocycles. The zero-order valence-electron chi connectivity index (χ0n) is 11.3. The fraction of sp³-hybridized carbons (Fsp3) is 0.571. The first-order valence-electron chi connectivity index (χ1n) is 6.66. The van der Waals surface area contributed by atoms with Crippen molar-refractivity contribution < 1.29 is 18.3 Å². The van der Waals surface area contributed by atoms with Crippen LogP contribution in [0.2, 0.25) is 0 Å². The summed E-state index contributed by atoms with van der Waals surface area (Å²) in [7, 11) is 0. The molecule has 0 heterocycles. The van der Waals surface area contributed by atoms with Crippen molar-refractivity contribution in [3.8, 4) is 5.75 Å². The minimum absolute atomic E-state index is 0. The lowest BCUT2D eigenvalue weighted by molar-refractivity contribution is -0.138. The Morgan fingerprint density at radius 2 is 1.76 bits per heavy atom. The van der Waals surface area contributed by atoms with E-state index in [0.717, 1.165) is 38.2 Å². The van der Waals surface area contributed by atoms with E-state index in [4.69, 9.17) is 5.73 Å². The fourth-order valence-corrected chi connectivity index (χ4v) is 3.24. The molecule has 0 radical (unpaired) electrons. The molecule has 0 unspecified atom stereocenters. The molecule has 0 spiro atoms. The van der Waals surface area contributed by atoms with E-state index in [9.17, 15) is 18.3 Å². The molecule has 120 valence electrons. The topological polar surface area (TPSA) is 46.2 Å². The summed E-state index contributed by atoms with van der Waals surface area (Å²) in [5.74, 6) is -0.400. The molecule has 0 aromatic heterocycles. The van der Waals surface area contributed by atoms with E-state index < -0.39 is 23.5 Å². The maximum absolute atomic E-state index is 13.1. The molecule has 2 nitrogen and oxygen atoms in total. The third-order valence-electron chi connectivity index (χ3n) is 3.96. The Morgan fingerprint density at radius 1 is 1.19 bits per heavy atom. The molecule has 7 heteroatoms. The maximum atomic E-state index is 13.1. The standard InChI is InChI=1S/C14H17BrF3NO.ClH/c15-10-7-6-9(14(16,17)18)11(13(10)20)12(19)8-4-2-1-3-5-8;/h6-8,12,20H,1-5,19H2;1H/t12-;/m0./s1. The van der Waals surface area contributed by atoms with Crippen LogP contribution in [0.1, 0.15) is 49.3 Å². The van der Waals surface area contributed by atoms with Gasteiger partial charge in [0.25, 0.3) is 0 Å². The highest BCUT2D eigenvalue weighted by Crippen LogP contribution is 2.45. The summed E-state index contributed by atoms with van der Waals surface area (Å²) < 4.78 is 39.6. The second-order valence-corrected chi connectivity index (χ2v) is 6.13. The first kappa shape index (κ1) is 18.6. The van der Waals surface area contributed by atoms with Crippen molar-refractivity contribution in [3.63, 3.8) is 0 Å². The van der Waals surface area contributed by atoms with E-state index in [0.29, 0.717) is 0 Å². The molecular weight excluding hydrogens is 371 g/mol. The zero-order valence-corrected chi connectivity index (χ0v) is 13.7. The van der Waals surface area contributed by atoms with E-state index in [-0.39, 0.29) is 28.4 Å². The lowest BCUT2D eigenvalue weighted by Crippen LogP contribution is -2.26. The van der Waals surface area contributed by atoms with Crippen LogP contribution in [0.15, 0.2) is 16.6 Å². The Morgan fingerprint density at radius 3 is 2.29 bits per heavy atom. The predicted octanol–water partition coefficient (Wildman–Crippen LogP) is 5.18. The van der Waals surface area contributed by atoms with Gasteiger partial charge in [-0.05, 0) is 46.8 Å². The number of alkyl halides is 3. The Balaban J connectivity index is 0.00000220. The van der Waals surface area contributed by atoms with Gasteiger partial charge in [0.05, 0.1) is 10.0 Å². The van der Waals surface area contributed by atoms with Crippen LogP contribution in [0.25, 0.3) is 0 Å². The number of phenols is 1. The van der Waals surface area contributed by atoms with Crippen molar-refractivity contribution >= 4 is 28.3 Å². The summed E-state index contributed by atoms with van der Waals surface area (Å²) in [5, 5.41) is 10.0. The molecule has 3 N–H and O–H groups in total. The number of rotatable bonds is 2. The third kappa shape index (κ3) is 4.05. The van der Waals surface area contributed by atoms with Gasteiger partial charge in [0.15, 0.2) is 0 Å². The van der Waals surface area contributed by atoms with Gasteiger partial charge in [0.1, 0.15) is 5.75 Å². The van der Waals surface area contributed by atoms with Gasteiger partial charge in [0.2, 0.25) is 0 Å².